The smallest absolute Gasteiger partial charge is 0.322 e. The summed E-state index contributed by atoms with van der Waals surface area (Å²) in [6.07, 6.45) is -0.397. The Hall–Kier alpha value is -1.51. The average Bonchev–Trinajstić information content (AvgIpc) is 2.87. The molecule has 0 radical (unpaired) electrons. The van der Waals surface area contributed by atoms with Gasteiger partial charge in [-0.3, -0.25) is 4.79 Å². The SMILES string of the molecule is CCO[C@@H]1C[C@@H](C(=O)O)N(S(=O)(=O)c2cccc(F)c2C)C1. The predicted octanol–water partition coefficient (Wildman–Crippen LogP) is 1.39. The van der Waals surface area contributed by atoms with Gasteiger partial charge in [0.1, 0.15) is 11.9 Å². The summed E-state index contributed by atoms with van der Waals surface area (Å²) in [6.45, 7) is 3.42. The van der Waals surface area contributed by atoms with Crippen molar-refractivity contribution in [2.24, 2.45) is 0 Å². The van der Waals surface area contributed by atoms with E-state index in [1.54, 1.807) is 6.92 Å². The number of hydrogen-bond donors (Lipinski definition) is 1. The Kier molecular flexibility index (Phi) is 4.84. The molecular weight excluding hydrogens is 313 g/mol. The first-order valence-electron chi connectivity index (χ1n) is 6.90. The van der Waals surface area contributed by atoms with Crippen molar-refractivity contribution in [3.63, 3.8) is 0 Å². The van der Waals surface area contributed by atoms with Crippen molar-refractivity contribution < 1.29 is 27.4 Å². The van der Waals surface area contributed by atoms with E-state index in [0.717, 1.165) is 10.4 Å². The minimum atomic E-state index is -4.10. The monoisotopic (exact) mass is 331 g/mol. The van der Waals surface area contributed by atoms with Gasteiger partial charge in [0.25, 0.3) is 0 Å². The van der Waals surface area contributed by atoms with E-state index in [-0.39, 0.29) is 23.4 Å². The highest BCUT2D eigenvalue weighted by Gasteiger charge is 2.45. The minimum absolute atomic E-state index is 0.0218. The average molecular weight is 331 g/mol. The molecule has 1 heterocycles. The molecule has 1 aliphatic rings. The van der Waals surface area contributed by atoms with Crippen LogP contribution in [-0.2, 0) is 19.6 Å². The lowest BCUT2D eigenvalue weighted by Crippen LogP contribution is -2.40. The predicted molar refractivity (Wildman–Crippen MR) is 76.5 cm³/mol. The summed E-state index contributed by atoms with van der Waals surface area (Å²) in [4.78, 5) is 11.1. The van der Waals surface area contributed by atoms with E-state index in [4.69, 9.17) is 4.74 Å². The van der Waals surface area contributed by atoms with Gasteiger partial charge in [-0.2, -0.15) is 4.31 Å². The minimum Gasteiger partial charge on any atom is -0.480 e. The molecule has 122 valence electrons. The van der Waals surface area contributed by atoms with Crippen LogP contribution in [-0.4, -0.2) is 49.1 Å². The van der Waals surface area contributed by atoms with Crippen LogP contribution in [0.5, 0.6) is 0 Å². The molecule has 6 nitrogen and oxygen atoms in total. The van der Waals surface area contributed by atoms with Gasteiger partial charge < -0.3 is 9.84 Å². The van der Waals surface area contributed by atoms with Crippen molar-refractivity contribution >= 4 is 16.0 Å². The second-order valence-corrected chi connectivity index (χ2v) is 6.96. The molecule has 1 saturated heterocycles. The summed E-state index contributed by atoms with van der Waals surface area (Å²) < 4.78 is 45.3. The van der Waals surface area contributed by atoms with Crippen LogP contribution in [0.3, 0.4) is 0 Å². The van der Waals surface area contributed by atoms with Crippen LogP contribution in [0.25, 0.3) is 0 Å². The fourth-order valence-electron chi connectivity index (χ4n) is 2.61. The summed E-state index contributed by atoms with van der Waals surface area (Å²) in [5.41, 5.74) is -0.0218. The molecule has 0 aromatic heterocycles. The van der Waals surface area contributed by atoms with Gasteiger partial charge in [0.05, 0.1) is 11.0 Å². The van der Waals surface area contributed by atoms with Crippen LogP contribution in [0.2, 0.25) is 0 Å². The molecule has 1 N–H and O–H groups in total. The summed E-state index contributed by atoms with van der Waals surface area (Å²) in [6, 6.07) is 2.53. The van der Waals surface area contributed by atoms with Gasteiger partial charge in [-0.15, -0.1) is 0 Å². The molecule has 0 amide bonds. The highest BCUT2D eigenvalue weighted by Crippen LogP contribution is 2.30. The fourth-order valence-corrected chi connectivity index (χ4v) is 4.47. The zero-order chi connectivity index (χ0) is 16.5. The lowest BCUT2D eigenvalue weighted by molar-refractivity contribution is -0.140. The van der Waals surface area contributed by atoms with Crippen LogP contribution >= 0.6 is 0 Å². The van der Waals surface area contributed by atoms with Crippen molar-refractivity contribution in [2.75, 3.05) is 13.2 Å². The molecule has 0 unspecified atom stereocenters. The van der Waals surface area contributed by atoms with Crippen molar-refractivity contribution in [1.82, 2.24) is 4.31 Å². The molecule has 1 aromatic rings. The summed E-state index contributed by atoms with van der Waals surface area (Å²) in [5, 5.41) is 9.27. The topological polar surface area (TPSA) is 83.9 Å². The largest absolute Gasteiger partial charge is 0.480 e. The van der Waals surface area contributed by atoms with Crippen molar-refractivity contribution in [3.8, 4) is 0 Å². The fraction of sp³-hybridized carbons (Fsp3) is 0.500. The van der Waals surface area contributed by atoms with Crippen molar-refractivity contribution in [3.05, 3.63) is 29.6 Å². The second-order valence-electron chi connectivity index (χ2n) is 5.10. The van der Waals surface area contributed by atoms with Crippen LogP contribution in [0.15, 0.2) is 23.1 Å². The highest BCUT2D eigenvalue weighted by molar-refractivity contribution is 7.89. The number of nitrogens with zero attached hydrogens (tertiary/aromatic N) is 1. The molecular formula is C14H18FNO5S. The first kappa shape index (κ1) is 16.9. The highest BCUT2D eigenvalue weighted by atomic mass is 32.2. The van der Waals surface area contributed by atoms with E-state index < -0.39 is 34.0 Å². The standard InChI is InChI=1S/C14H18FNO5S/c1-3-21-10-7-12(14(17)18)16(8-10)22(19,20)13-6-4-5-11(15)9(13)2/h4-6,10,12H,3,7-8H2,1-2H3,(H,17,18)/t10-,12+/m1/s1. The van der Waals surface area contributed by atoms with Gasteiger partial charge >= 0.3 is 5.97 Å². The molecule has 1 fully saturated rings. The number of hydrogen-bond acceptors (Lipinski definition) is 4. The van der Waals surface area contributed by atoms with E-state index in [0.29, 0.717) is 6.61 Å². The maximum atomic E-state index is 13.6. The normalized spacial score (nSPS) is 22.9. The van der Waals surface area contributed by atoms with E-state index in [2.05, 4.69) is 0 Å². The molecule has 0 bridgehead atoms. The molecule has 1 aliphatic heterocycles. The maximum Gasteiger partial charge on any atom is 0.322 e. The van der Waals surface area contributed by atoms with Gasteiger partial charge in [-0.05, 0) is 26.0 Å². The lowest BCUT2D eigenvalue weighted by Gasteiger charge is -2.22. The number of aliphatic carboxylic acids is 1. The number of carbonyl (C=O) groups is 1. The Bertz CT molecular complexity index is 676. The Morgan fingerprint density at radius 3 is 2.77 bits per heavy atom. The van der Waals surface area contributed by atoms with E-state index in [1.165, 1.54) is 19.1 Å². The summed E-state index contributed by atoms with van der Waals surface area (Å²) >= 11 is 0. The first-order valence-corrected chi connectivity index (χ1v) is 8.34. The number of rotatable bonds is 5. The number of sulfonamides is 1. The number of benzene rings is 1. The van der Waals surface area contributed by atoms with Crippen LogP contribution in [0, 0.1) is 12.7 Å². The van der Waals surface area contributed by atoms with Gasteiger partial charge in [0, 0.05) is 25.1 Å². The van der Waals surface area contributed by atoms with Gasteiger partial charge in [-0.1, -0.05) is 6.07 Å². The molecule has 0 saturated carbocycles. The molecule has 2 rings (SSSR count). The number of carboxylic acids is 1. The van der Waals surface area contributed by atoms with Gasteiger partial charge in [0.2, 0.25) is 10.0 Å². The van der Waals surface area contributed by atoms with E-state index >= 15 is 0 Å². The van der Waals surface area contributed by atoms with E-state index in [9.17, 15) is 22.7 Å². The third-order valence-corrected chi connectivity index (χ3v) is 5.73. The van der Waals surface area contributed by atoms with E-state index in [1.807, 2.05) is 0 Å². The zero-order valence-electron chi connectivity index (χ0n) is 12.3. The molecule has 22 heavy (non-hydrogen) atoms. The van der Waals surface area contributed by atoms with Crippen LogP contribution < -0.4 is 0 Å². The molecule has 1 aromatic carbocycles. The lowest BCUT2D eigenvalue weighted by atomic mass is 10.2. The first-order chi connectivity index (χ1) is 10.3. The number of halogens is 1. The Labute approximate surface area is 128 Å². The number of carboxylic acid groups (broad SMARTS) is 1. The maximum absolute atomic E-state index is 13.6. The van der Waals surface area contributed by atoms with Crippen LogP contribution in [0.1, 0.15) is 18.9 Å². The van der Waals surface area contributed by atoms with Gasteiger partial charge in [-0.25, -0.2) is 12.8 Å². The molecule has 0 spiro atoms. The molecule has 8 heteroatoms. The Balaban J connectivity index is 2.42. The Morgan fingerprint density at radius 1 is 1.50 bits per heavy atom. The molecule has 2 atom stereocenters. The third kappa shape index (κ3) is 2.99. The summed E-state index contributed by atoms with van der Waals surface area (Å²) in [7, 11) is -4.10. The second kappa shape index (κ2) is 6.31. The Morgan fingerprint density at radius 2 is 2.18 bits per heavy atom. The molecule has 0 aliphatic carbocycles. The quantitative estimate of drug-likeness (QED) is 0.881. The van der Waals surface area contributed by atoms with Crippen LogP contribution in [0.4, 0.5) is 4.39 Å². The number of ether oxygens (including phenoxy) is 1. The van der Waals surface area contributed by atoms with Gasteiger partial charge in [0.15, 0.2) is 0 Å². The third-order valence-electron chi connectivity index (χ3n) is 3.71. The zero-order valence-corrected chi connectivity index (χ0v) is 13.1. The van der Waals surface area contributed by atoms with Crippen molar-refractivity contribution in [1.29, 1.82) is 0 Å². The van der Waals surface area contributed by atoms with Crippen molar-refractivity contribution in [2.45, 2.75) is 37.3 Å². The summed E-state index contributed by atoms with van der Waals surface area (Å²) in [5.74, 6) is -1.88.